The predicted molar refractivity (Wildman–Crippen MR) is 80.4 cm³/mol. The third-order valence-electron chi connectivity index (χ3n) is 4.06. The summed E-state index contributed by atoms with van der Waals surface area (Å²) in [6.45, 7) is 6.51. The zero-order chi connectivity index (χ0) is 13.5. The van der Waals surface area contributed by atoms with Crippen molar-refractivity contribution >= 4 is 11.6 Å². The largest absolute Gasteiger partial charge is 0.370 e. The Kier molecular flexibility index (Phi) is 5.43. The quantitative estimate of drug-likeness (QED) is 0.823. The van der Waals surface area contributed by atoms with E-state index in [1.54, 1.807) is 6.33 Å². The van der Waals surface area contributed by atoms with E-state index >= 15 is 0 Å². The lowest BCUT2D eigenvalue weighted by Gasteiger charge is -2.28. The van der Waals surface area contributed by atoms with Crippen LogP contribution in [0.2, 0.25) is 0 Å². The smallest absolute Gasteiger partial charge is 0.131 e. The molecule has 1 fully saturated rings. The molecule has 0 saturated heterocycles. The van der Waals surface area contributed by atoms with Gasteiger partial charge in [-0.25, -0.2) is 9.97 Å². The zero-order valence-corrected chi connectivity index (χ0v) is 12.2. The van der Waals surface area contributed by atoms with Crippen LogP contribution >= 0.6 is 0 Å². The van der Waals surface area contributed by atoms with Crippen molar-refractivity contribution in [2.45, 2.75) is 46.0 Å². The standard InChI is InChI=1S/C15H26N4/c1-3-8-16-14-9-15(19-11-18-14)17-10-13-7-5-4-6-12(13)2/h9,11-13H,3-8,10H2,1-2H3,(H2,16,17,18,19). The van der Waals surface area contributed by atoms with Crippen molar-refractivity contribution in [1.82, 2.24) is 9.97 Å². The number of hydrogen-bond donors (Lipinski definition) is 2. The second kappa shape index (κ2) is 7.31. The van der Waals surface area contributed by atoms with E-state index in [-0.39, 0.29) is 0 Å². The van der Waals surface area contributed by atoms with Crippen molar-refractivity contribution in [3.05, 3.63) is 12.4 Å². The van der Waals surface area contributed by atoms with E-state index in [1.165, 1.54) is 25.7 Å². The second-order valence-electron chi connectivity index (χ2n) is 5.62. The fraction of sp³-hybridized carbons (Fsp3) is 0.733. The topological polar surface area (TPSA) is 49.8 Å². The van der Waals surface area contributed by atoms with Crippen LogP contribution in [0.4, 0.5) is 11.6 Å². The first-order valence-electron chi connectivity index (χ1n) is 7.59. The molecule has 0 spiro atoms. The summed E-state index contributed by atoms with van der Waals surface area (Å²) in [6, 6.07) is 2.00. The second-order valence-corrected chi connectivity index (χ2v) is 5.62. The van der Waals surface area contributed by atoms with E-state index in [9.17, 15) is 0 Å². The molecule has 106 valence electrons. The molecule has 19 heavy (non-hydrogen) atoms. The van der Waals surface area contributed by atoms with Crippen LogP contribution < -0.4 is 10.6 Å². The van der Waals surface area contributed by atoms with Gasteiger partial charge in [-0.2, -0.15) is 0 Å². The summed E-state index contributed by atoms with van der Waals surface area (Å²) in [5.74, 6) is 3.47. The average molecular weight is 262 g/mol. The molecule has 0 amide bonds. The molecule has 4 heteroatoms. The van der Waals surface area contributed by atoms with Gasteiger partial charge in [0, 0.05) is 19.2 Å². The van der Waals surface area contributed by atoms with Crippen LogP contribution in [-0.2, 0) is 0 Å². The predicted octanol–water partition coefficient (Wildman–Crippen LogP) is 3.54. The van der Waals surface area contributed by atoms with Crippen molar-refractivity contribution in [3.63, 3.8) is 0 Å². The Morgan fingerprint density at radius 2 is 1.89 bits per heavy atom. The lowest BCUT2D eigenvalue weighted by atomic mass is 9.80. The molecule has 1 aliphatic carbocycles. The number of anilines is 2. The van der Waals surface area contributed by atoms with Gasteiger partial charge in [0.15, 0.2) is 0 Å². The van der Waals surface area contributed by atoms with Crippen LogP contribution in [0.15, 0.2) is 12.4 Å². The summed E-state index contributed by atoms with van der Waals surface area (Å²) in [5, 5.41) is 6.76. The monoisotopic (exact) mass is 262 g/mol. The molecule has 1 heterocycles. The minimum Gasteiger partial charge on any atom is -0.370 e. The zero-order valence-electron chi connectivity index (χ0n) is 12.2. The van der Waals surface area contributed by atoms with Crippen LogP contribution in [0.25, 0.3) is 0 Å². The van der Waals surface area contributed by atoms with Crippen LogP contribution in [-0.4, -0.2) is 23.1 Å². The molecule has 0 bridgehead atoms. The summed E-state index contributed by atoms with van der Waals surface area (Å²) in [7, 11) is 0. The fourth-order valence-electron chi connectivity index (χ4n) is 2.74. The molecule has 0 aromatic carbocycles. The third kappa shape index (κ3) is 4.37. The molecule has 2 unspecified atom stereocenters. The van der Waals surface area contributed by atoms with Gasteiger partial charge >= 0.3 is 0 Å². The first kappa shape index (κ1) is 14.1. The summed E-state index contributed by atoms with van der Waals surface area (Å²) >= 11 is 0. The van der Waals surface area contributed by atoms with Gasteiger partial charge in [0.25, 0.3) is 0 Å². The Labute approximate surface area is 116 Å². The first-order chi connectivity index (χ1) is 9.29. The van der Waals surface area contributed by atoms with Gasteiger partial charge in [0.1, 0.15) is 18.0 Å². The lowest BCUT2D eigenvalue weighted by molar-refractivity contribution is 0.268. The Hall–Kier alpha value is -1.32. The van der Waals surface area contributed by atoms with Gasteiger partial charge in [-0.3, -0.25) is 0 Å². The highest BCUT2D eigenvalue weighted by Gasteiger charge is 2.20. The number of nitrogens with zero attached hydrogens (tertiary/aromatic N) is 2. The fourth-order valence-corrected chi connectivity index (χ4v) is 2.74. The highest BCUT2D eigenvalue weighted by atomic mass is 15.1. The number of nitrogens with one attached hydrogen (secondary N) is 2. The maximum atomic E-state index is 4.29. The van der Waals surface area contributed by atoms with Crippen molar-refractivity contribution in [2.75, 3.05) is 23.7 Å². The van der Waals surface area contributed by atoms with Crippen LogP contribution in [0, 0.1) is 11.8 Å². The van der Waals surface area contributed by atoms with Crippen LogP contribution in [0.3, 0.4) is 0 Å². The molecular weight excluding hydrogens is 236 g/mol. The molecular formula is C15H26N4. The summed E-state index contributed by atoms with van der Waals surface area (Å²) in [5.41, 5.74) is 0. The minimum atomic E-state index is 0.788. The maximum Gasteiger partial charge on any atom is 0.131 e. The molecule has 2 rings (SSSR count). The third-order valence-corrected chi connectivity index (χ3v) is 4.06. The molecule has 1 aromatic heterocycles. The minimum absolute atomic E-state index is 0.788. The van der Waals surface area contributed by atoms with Crippen molar-refractivity contribution in [1.29, 1.82) is 0 Å². The number of rotatable bonds is 6. The van der Waals surface area contributed by atoms with E-state index in [1.807, 2.05) is 6.07 Å². The van der Waals surface area contributed by atoms with E-state index in [2.05, 4.69) is 34.4 Å². The molecule has 0 aliphatic heterocycles. The highest BCUT2D eigenvalue weighted by Crippen LogP contribution is 2.29. The normalized spacial score (nSPS) is 23.1. The molecule has 2 N–H and O–H groups in total. The number of hydrogen-bond acceptors (Lipinski definition) is 4. The van der Waals surface area contributed by atoms with E-state index in [0.717, 1.165) is 43.0 Å². The van der Waals surface area contributed by atoms with Gasteiger partial charge in [-0.1, -0.05) is 33.1 Å². The van der Waals surface area contributed by atoms with E-state index in [0.29, 0.717) is 0 Å². The number of aromatic nitrogens is 2. The van der Waals surface area contributed by atoms with Crippen molar-refractivity contribution < 1.29 is 0 Å². The summed E-state index contributed by atoms with van der Waals surface area (Å²) in [4.78, 5) is 8.52. The van der Waals surface area contributed by atoms with Gasteiger partial charge < -0.3 is 10.6 Å². The Morgan fingerprint density at radius 3 is 2.63 bits per heavy atom. The summed E-state index contributed by atoms with van der Waals surface area (Å²) < 4.78 is 0. The van der Waals surface area contributed by atoms with E-state index < -0.39 is 0 Å². The first-order valence-corrected chi connectivity index (χ1v) is 7.59. The molecule has 1 aliphatic rings. The van der Waals surface area contributed by atoms with Gasteiger partial charge in [0.05, 0.1) is 0 Å². The van der Waals surface area contributed by atoms with Gasteiger partial charge in [-0.05, 0) is 24.7 Å². The Morgan fingerprint density at radius 1 is 1.16 bits per heavy atom. The molecule has 1 saturated carbocycles. The van der Waals surface area contributed by atoms with E-state index in [4.69, 9.17) is 0 Å². The SMILES string of the molecule is CCCNc1cc(NCC2CCCCC2C)ncn1. The summed E-state index contributed by atoms with van der Waals surface area (Å²) in [6.07, 6.45) is 8.23. The average Bonchev–Trinajstić information content (AvgIpc) is 2.45. The van der Waals surface area contributed by atoms with Crippen LogP contribution in [0.1, 0.15) is 46.0 Å². The molecule has 4 nitrogen and oxygen atoms in total. The van der Waals surface area contributed by atoms with Gasteiger partial charge in [-0.15, -0.1) is 0 Å². The maximum absolute atomic E-state index is 4.29. The highest BCUT2D eigenvalue weighted by molar-refractivity contribution is 5.46. The van der Waals surface area contributed by atoms with Gasteiger partial charge in [0.2, 0.25) is 0 Å². The molecule has 1 aromatic rings. The Balaban J connectivity index is 1.84. The Bertz CT molecular complexity index is 380. The lowest BCUT2D eigenvalue weighted by Crippen LogP contribution is -2.24. The van der Waals surface area contributed by atoms with Crippen LogP contribution in [0.5, 0.6) is 0 Å². The molecule has 2 atom stereocenters. The van der Waals surface area contributed by atoms with Crippen molar-refractivity contribution in [3.8, 4) is 0 Å². The van der Waals surface area contributed by atoms with Crippen molar-refractivity contribution in [2.24, 2.45) is 11.8 Å². The molecule has 0 radical (unpaired) electrons.